The SMILES string of the molecule is CSc1ccc2sc3c(c2c1)N(Cc1cccc([N+](=O)[O-])c1)CCNC3=O. The number of carbonyl (C=O) groups is 1. The van der Waals surface area contributed by atoms with E-state index in [4.69, 9.17) is 0 Å². The van der Waals surface area contributed by atoms with E-state index in [1.165, 1.54) is 17.4 Å². The van der Waals surface area contributed by atoms with Gasteiger partial charge in [0.05, 0.1) is 10.6 Å². The lowest BCUT2D eigenvalue weighted by Crippen LogP contribution is -2.29. The van der Waals surface area contributed by atoms with Crippen LogP contribution in [-0.2, 0) is 6.54 Å². The number of fused-ring (bicyclic) bond motifs is 3. The second kappa shape index (κ2) is 7.21. The molecule has 0 saturated carbocycles. The first-order valence-electron chi connectivity index (χ1n) is 8.44. The number of nitrogens with one attached hydrogen (secondary N) is 1. The van der Waals surface area contributed by atoms with Gasteiger partial charge in [0, 0.05) is 46.7 Å². The van der Waals surface area contributed by atoms with Crippen molar-refractivity contribution in [2.75, 3.05) is 24.2 Å². The maximum atomic E-state index is 12.5. The number of thioether (sulfide) groups is 1. The average molecular weight is 399 g/mol. The number of nitro benzene ring substituents is 1. The highest BCUT2D eigenvalue weighted by atomic mass is 32.2. The number of thiophene rings is 1. The van der Waals surface area contributed by atoms with Crippen molar-refractivity contribution in [3.8, 4) is 0 Å². The van der Waals surface area contributed by atoms with Crippen molar-refractivity contribution in [1.29, 1.82) is 0 Å². The summed E-state index contributed by atoms with van der Waals surface area (Å²) in [5.41, 5.74) is 1.86. The van der Waals surface area contributed by atoms with E-state index >= 15 is 0 Å². The quantitative estimate of drug-likeness (QED) is 0.403. The monoisotopic (exact) mass is 399 g/mol. The number of rotatable bonds is 4. The molecule has 0 atom stereocenters. The maximum absolute atomic E-state index is 12.5. The minimum atomic E-state index is -0.382. The zero-order valence-corrected chi connectivity index (χ0v) is 16.2. The standard InChI is InChI=1S/C19H17N3O3S2/c1-26-14-5-6-16-15(10-14)17-18(27-16)19(23)20-7-8-21(17)11-12-3-2-4-13(9-12)22(24)25/h2-6,9-10H,7-8,11H2,1H3,(H,20,23). The Morgan fingerprint density at radius 3 is 2.93 bits per heavy atom. The van der Waals surface area contributed by atoms with Crippen molar-refractivity contribution >= 4 is 50.5 Å². The largest absolute Gasteiger partial charge is 0.364 e. The lowest BCUT2D eigenvalue weighted by Gasteiger charge is -2.23. The molecular formula is C19H17N3O3S2. The molecule has 1 N–H and O–H groups in total. The third-order valence-corrected chi connectivity index (χ3v) is 6.44. The number of non-ortho nitro benzene ring substituents is 1. The summed E-state index contributed by atoms with van der Waals surface area (Å²) in [6, 6.07) is 12.9. The van der Waals surface area contributed by atoms with E-state index in [0.717, 1.165) is 26.2 Å². The Morgan fingerprint density at radius 1 is 1.30 bits per heavy atom. The minimum absolute atomic E-state index is 0.0570. The van der Waals surface area contributed by atoms with E-state index in [1.54, 1.807) is 23.9 Å². The lowest BCUT2D eigenvalue weighted by atomic mass is 10.1. The van der Waals surface area contributed by atoms with Gasteiger partial charge in [0.2, 0.25) is 0 Å². The summed E-state index contributed by atoms with van der Waals surface area (Å²) in [7, 11) is 0. The Kier molecular flexibility index (Phi) is 4.75. The number of anilines is 1. The van der Waals surface area contributed by atoms with Gasteiger partial charge < -0.3 is 10.2 Å². The molecule has 138 valence electrons. The normalized spacial score (nSPS) is 14.0. The second-order valence-corrected chi connectivity index (χ2v) is 8.18. The highest BCUT2D eigenvalue weighted by Gasteiger charge is 2.26. The van der Waals surface area contributed by atoms with E-state index in [0.29, 0.717) is 24.5 Å². The van der Waals surface area contributed by atoms with Crippen molar-refractivity contribution in [3.63, 3.8) is 0 Å². The fraction of sp³-hybridized carbons (Fsp3) is 0.211. The molecule has 3 aromatic rings. The van der Waals surface area contributed by atoms with Crippen LogP contribution in [0, 0.1) is 10.1 Å². The van der Waals surface area contributed by atoms with Crippen LogP contribution in [0.2, 0.25) is 0 Å². The number of amides is 1. The van der Waals surface area contributed by atoms with Gasteiger partial charge >= 0.3 is 0 Å². The first-order valence-corrected chi connectivity index (χ1v) is 10.5. The van der Waals surface area contributed by atoms with Gasteiger partial charge in [-0.1, -0.05) is 12.1 Å². The maximum Gasteiger partial charge on any atom is 0.269 e. The smallest absolute Gasteiger partial charge is 0.269 e. The van der Waals surface area contributed by atoms with Crippen LogP contribution in [0.5, 0.6) is 0 Å². The molecule has 0 spiro atoms. The topological polar surface area (TPSA) is 75.5 Å². The zero-order chi connectivity index (χ0) is 19.0. The first kappa shape index (κ1) is 17.8. The first-order chi connectivity index (χ1) is 13.1. The summed E-state index contributed by atoms with van der Waals surface area (Å²) < 4.78 is 1.07. The molecule has 27 heavy (non-hydrogen) atoms. The summed E-state index contributed by atoms with van der Waals surface area (Å²) in [5.74, 6) is -0.0570. The highest BCUT2D eigenvalue weighted by Crippen LogP contribution is 2.41. The third kappa shape index (κ3) is 3.38. The van der Waals surface area contributed by atoms with Crippen LogP contribution in [0.3, 0.4) is 0 Å². The van der Waals surface area contributed by atoms with Crippen LogP contribution in [0.25, 0.3) is 10.1 Å². The van der Waals surface area contributed by atoms with Gasteiger partial charge in [-0.15, -0.1) is 23.1 Å². The molecule has 1 amide bonds. The van der Waals surface area contributed by atoms with Crippen molar-refractivity contribution in [1.82, 2.24) is 5.32 Å². The van der Waals surface area contributed by atoms with Crippen molar-refractivity contribution < 1.29 is 9.72 Å². The number of nitro groups is 1. The summed E-state index contributed by atoms with van der Waals surface area (Å²) in [6.07, 6.45) is 2.03. The Bertz CT molecular complexity index is 1050. The molecule has 1 aromatic heterocycles. The summed E-state index contributed by atoms with van der Waals surface area (Å²) >= 11 is 3.16. The van der Waals surface area contributed by atoms with Crippen LogP contribution in [0.15, 0.2) is 47.4 Å². The third-order valence-electron chi connectivity index (χ3n) is 4.55. The van der Waals surface area contributed by atoms with Gasteiger partial charge in [-0.2, -0.15) is 0 Å². The van der Waals surface area contributed by atoms with Crippen LogP contribution in [-0.4, -0.2) is 30.2 Å². The van der Waals surface area contributed by atoms with Crippen molar-refractivity contribution in [2.24, 2.45) is 0 Å². The van der Waals surface area contributed by atoms with Crippen molar-refractivity contribution in [2.45, 2.75) is 11.4 Å². The molecule has 6 nitrogen and oxygen atoms in total. The van der Waals surface area contributed by atoms with Gasteiger partial charge in [0.25, 0.3) is 11.6 Å². The van der Waals surface area contributed by atoms with Crippen molar-refractivity contribution in [3.05, 3.63) is 63.0 Å². The molecule has 1 aliphatic heterocycles. The molecule has 0 aliphatic carbocycles. The Labute approximate surface area is 164 Å². The molecule has 0 bridgehead atoms. The molecule has 0 unspecified atom stereocenters. The molecule has 4 rings (SSSR count). The number of hydrogen-bond donors (Lipinski definition) is 1. The molecule has 0 fully saturated rings. The Hall–Kier alpha value is -2.58. The number of carbonyl (C=O) groups excluding carboxylic acids is 1. The molecular weight excluding hydrogens is 382 g/mol. The molecule has 1 aliphatic rings. The summed E-state index contributed by atoms with van der Waals surface area (Å²) in [4.78, 5) is 27.2. The average Bonchev–Trinajstić information content (AvgIpc) is 2.98. The fourth-order valence-corrected chi connectivity index (χ4v) is 4.86. The predicted molar refractivity (Wildman–Crippen MR) is 110 cm³/mol. The number of benzene rings is 2. The lowest BCUT2D eigenvalue weighted by molar-refractivity contribution is -0.384. The minimum Gasteiger partial charge on any atom is -0.364 e. The van der Waals surface area contributed by atoms with E-state index in [9.17, 15) is 14.9 Å². The van der Waals surface area contributed by atoms with Crippen LogP contribution in [0.1, 0.15) is 15.2 Å². The second-order valence-electron chi connectivity index (χ2n) is 6.25. The van der Waals surface area contributed by atoms with Gasteiger partial charge in [0.15, 0.2) is 0 Å². The predicted octanol–water partition coefficient (Wildman–Crippen LogP) is 4.28. The summed E-state index contributed by atoms with van der Waals surface area (Å²) in [5, 5.41) is 15.1. The van der Waals surface area contributed by atoms with E-state index < -0.39 is 0 Å². The molecule has 2 heterocycles. The molecule has 2 aromatic carbocycles. The molecule has 0 radical (unpaired) electrons. The van der Waals surface area contributed by atoms with Crippen LogP contribution < -0.4 is 10.2 Å². The van der Waals surface area contributed by atoms with E-state index in [-0.39, 0.29) is 16.5 Å². The van der Waals surface area contributed by atoms with Crippen LogP contribution in [0.4, 0.5) is 11.4 Å². The highest BCUT2D eigenvalue weighted by molar-refractivity contribution is 7.98. The van der Waals surface area contributed by atoms with E-state index in [2.05, 4.69) is 28.4 Å². The Balaban J connectivity index is 1.80. The number of hydrogen-bond acceptors (Lipinski definition) is 6. The Morgan fingerprint density at radius 2 is 2.15 bits per heavy atom. The van der Waals surface area contributed by atoms with Gasteiger partial charge in [0.1, 0.15) is 4.88 Å². The van der Waals surface area contributed by atoms with Gasteiger partial charge in [-0.3, -0.25) is 14.9 Å². The van der Waals surface area contributed by atoms with Gasteiger partial charge in [-0.25, -0.2) is 0 Å². The zero-order valence-electron chi connectivity index (χ0n) is 14.6. The summed E-state index contributed by atoms with van der Waals surface area (Å²) in [6.45, 7) is 1.70. The molecule has 0 saturated heterocycles. The van der Waals surface area contributed by atoms with E-state index in [1.807, 2.05) is 12.3 Å². The van der Waals surface area contributed by atoms with Gasteiger partial charge in [-0.05, 0) is 30.0 Å². The fourth-order valence-electron chi connectivity index (χ4n) is 3.30. The molecule has 8 heteroatoms. The van der Waals surface area contributed by atoms with Crippen LogP contribution >= 0.6 is 23.1 Å². The number of nitrogens with zero attached hydrogens (tertiary/aromatic N) is 2.